The van der Waals surface area contributed by atoms with E-state index in [1.165, 1.54) is 25.7 Å². The lowest BCUT2D eigenvalue weighted by molar-refractivity contribution is -0.137. The van der Waals surface area contributed by atoms with Gasteiger partial charge in [0.2, 0.25) is 0 Å². The van der Waals surface area contributed by atoms with E-state index in [2.05, 4.69) is 50.3 Å². The van der Waals surface area contributed by atoms with Gasteiger partial charge in [0.1, 0.15) is 0 Å². The average Bonchev–Trinajstić information content (AvgIpc) is 3.33. The van der Waals surface area contributed by atoms with Crippen LogP contribution < -0.4 is 0 Å². The molecule has 1 N–H and O–H groups in total. The number of carboxylic acids is 1. The molecular formula is C21H34O3. The summed E-state index contributed by atoms with van der Waals surface area (Å²) >= 11 is 0. The van der Waals surface area contributed by atoms with Crippen molar-refractivity contribution in [3.8, 4) is 0 Å². The van der Waals surface area contributed by atoms with Gasteiger partial charge in [-0.15, -0.1) is 0 Å². The minimum Gasteiger partial charge on any atom is -0.481 e. The van der Waals surface area contributed by atoms with Gasteiger partial charge in [0, 0.05) is 12.3 Å². The molecule has 0 aromatic carbocycles. The zero-order chi connectivity index (χ0) is 17.7. The number of rotatable bonds is 14. The highest BCUT2D eigenvalue weighted by atomic mass is 16.6. The van der Waals surface area contributed by atoms with Gasteiger partial charge in [0.25, 0.3) is 0 Å². The quantitative estimate of drug-likeness (QED) is 0.253. The van der Waals surface area contributed by atoms with Gasteiger partial charge in [0.05, 0.1) is 12.2 Å². The molecule has 1 aliphatic heterocycles. The highest BCUT2D eigenvalue weighted by Crippen LogP contribution is 2.40. The monoisotopic (exact) mass is 334 g/mol. The van der Waals surface area contributed by atoms with Crippen molar-refractivity contribution < 1.29 is 14.6 Å². The molecule has 0 aromatic rings. The van der Waals surface area contributed by atoms with Gasteiger partial charge in [-0.2, -0.15) is 0 Å². The Morgan fingerprint density at radius 2 is 1.79 bits per heavy atom. The molecule has 1 aliphatic rings. The van der Waals surface area contributed by atoms with E-state index in [1.54, 1.807) is 0 Å². The predicted molar refractivity (Wildman–Crippen MR) is 100 cm³/mol. The second-order valence-corrected chi connectivity index (χ2v) is 6.73. The van der Waals surface area contributed by atoms with Crippen molar-refractivity contribution in [2.45, 2.75) is 77.2 Å². The Morgan fingerprint density at radius 1 is 1.12 bits per heavy atom. The Morgan fingerprint density at radius 3 is 2.42 bits per heavy atom. The van der Waals surface area contributed by atoms with E-state index in [0.717, 1.165) is 32.3 Å². The van der Waals surface area contributed by atoms with E-state index in [4.69, 9.17) is 9.84 Å². The Hall–Kier alpha value is -1.35. The molecule has 0 saturated carbocycles. The van der Waals surface area contributed by atoms with E-state index in [0.29, 0.717) is 5.92 Å². The molecule has 0 aromatic heterocycles. The van der Waals surface area contributed by atoms with Crippen LogP contribution in [0.2, 0.25) is 0 Å². The summed E-state index contributed by atoms with van der Waals surface area (Å²) in [5.41, 5.74) is 0.133. The number of hydrogen-bond acceptors (Lipinski definition) is 2. The van der Waals surface area contributed by atoms with Crippen LogP contribution in [0.3, 0.4) is 0 Å². The van der Waals surface area contributed by atoms with Crippen molar-refractivity contribution in [3.63, 3.8) is 0 Å². The normalized spacial score (nSPS) is 21.9. The molecule has 3 nitrogen and oxygen atoms in total. The van der Waals surface area contributed by atoms with Crippen molar-refractivity contribution in [1.29, 1.82) is 0 Å². The molecular weight excluding hydrogens is 300 g/mol. The third-order valence-corrected chi connectivity index (χ3v) is 4.61. The van der Waals surface area contributed by atoms with Crippen LogP contribution in [0.4, 0.5) is 0 Å². The average molecular weight is 335 g/mol. The summed E-state index contributed by atoms with van der Waals surface area (Å²) in [7, 11) is 0. The number of carboxylic acid groups (broad SMARTS) is 1. The summed E-state index contributed by atoms with van der Waals surface area (Å²) in [4.78, 5) is 10.4. The fraction of sp³-hybridized carbons (Fsp3) is 0.667. The molecule has 1 fully saturated rings. The molecule has 136 valence electrons. The molecule has 0 radical (unpaired) electrons. The Balaban J connectivity index is 2.10. The first kappa shape index (κ1) is 20.7. The number of ether oxygens (including phenoxy) is 1. The van der Waals surface area contributed by atoms with Gasteiger partial charge < -0.3 is 9.84 Å². The van der Waals surface area contributed by atoms with Crippen LogP contribution in [0.25, 0.3) is 0 Å². The van der Waals surface area contributed by atoms with E-state index in [-0.39, 0.29) is 12.0 Å². The zero-order valence-corrected chi connectivity index (χ0v) is 15.4. The van der Waals surface area contributed by atoms with Crippen molar-refractivity contribution in [2.24, 2.45) is 5.92 Å². The van der Waals surface area contributed by atoms with E-state index in [1.807, 2.05) is 0 Å². The second-order valence-electron chi connectivity index (χ2n) is 6.73. The zero-order valence-electron chi connectivity index (χ0n) is 15.4. The lowest BCUT2D eigenvalue weighted by atomic mass is 9.89. The molecule has 0 aliphatic carbocycles. The van der Waals surface area contributed by atoms with E-state index < -0.39 is 5.97 Å². The highest BCUT2D eigenvalue weighted by Gasteiger charge is 2.47. The Labute approximate surface area is 147 Å². The molecule has 0 spiro atoms. The molecule has 2 atom stereocenters. The maximum atomic E-state index is 10.4. The summed E-state index contributed by atoms with van der Waals surface area (Å²) in [6, 6.07) is 0. The number of unbranched alkanes of at least 4 members (excludes halogenated alkanes) is 3. The minimum atomic E-state index is -0.715. The van der Waals surface area contributed by atoms with Crippen molar-refractivity contribution >= 4 is 5.97 Å². The first-order valence-corrected chi connectivity index (χ1v) is 9.43. The maximum Gasteiger partial charge on any atom is 0.303 e. The Kier molecular flexibility index (Phi) is 10.4. The number of hydrogen-bond donors (Lipinski definition) is 1. The fourth-order valence-corrected chi connectivity index (χ4v) is 2.79. The van der Waals surface area contributed by atoms with Crippen LogP contribution in [0.1, 0.15) is 71.6 Å². The molecule has 1 saturated heterocycles. The molecule has 2 unspecified atom stereocenters. The van der Waals surface area contributed by atoms with Crippen LogP contribution in [-0.2, 0) is 9.53 Å². The summed E-state index contributed by atoms with van der Waals surface area (Å²) in [5, 5.41) is 8.53. The molecule has 1 heterocycles. The summed E-state index contributed by atoms with van der Waals surface area (Å²) in [6.07, 6.45) is 21.8. The van der Waals surface area contributed by atoms with Crippen LogP contribution in [0.15, 0.2) is 36.5 Å². The van der Waals surface area contributed by atoms with E-state index in [9.17, 15) is 4.79 Å². The molecule has 0 amide bonds. The van der Waals surface area contributed by atoms with Crippen molar-refractivity contribution in [3.05, 3.63) is 36.5 Å². The van der Waals surface area contributed by atoms with Gasteiger partial charge in [-0.25, -0.2) is 0 Å². The van der Waals surface area contributed by atoms with Gasteiger partial charge >= 0.3 is 5.97 Å². The molecule has 24 heavy (non-hydrogen) atoms. The highest BCUT2D eigenvalue weighted by molar-refractivity contribution is 5.66. The number of carbonyl (C=O) groups is 1. The summed E-state index contributed by atoms with van der Waals surface area (Å²) in [6.45, 7) is 5.42. The third kappa shape index (κ3) is 9.07. The molecule has 0 bridgehead atoms. The number of allylic oxidation sites excluding steroid dienone is 5. The summed E-state index contributed by atoms with van der Waals surface area (Å²) < 4.78 is 5.75. The fourth-order valence-electron chi connectivity index (χ4n) is 2.79. The molecule has 3 heteroatoms. The largest absolute Gasteiger partial charge is 0.481 e. The van der Waals surface area contributed by atoms with Gasteiger partial charge in [-0.3, -0.25) is 4.79 Å². The lowest BCUT2D eigenvalue weighted by Crippen LogP contribution is -2.20. The van der Waals surface area contributed by atoms with Crippen LogP contribution >= 0.6 is 0 Å². The first-order valence-electron chi connectivity index (χ1n) is 9.43. The first-order chi connectivity index (χ1) is 11.6. The third-order valence-electron chi connectivity index (χ3n) is 4.61. The van der Waals surface area contributed by atoms with Crippen molar-refractivity contribution in [2.75, 3.05) is 6.61 Å². The van der Waals surface area contributed by atoms with Crippen LogP contribution in [-0.4, -0.2) is 23.3 Å². The lowest BCUT2D eigenvalue weighted by Gasteiger charge is -2.16. The standard InChI is InChI=1S/C21H34O3/c1-3-4-14-17-21(18-24-21)19(2)15-12-10-8-6-5-7-9-11-13-16-20(22)23/h6-9,12,15,19H,3-5,10-11,13-14,16-18H2,1-2H3,(H,22,23)/b8-6-,9-7-,15-12-. The topological polar surface area (TPSA) is 49.8 Å². The van der Waals surface area contributed by atoms with Gasteiger partial charge in [-0.05, 0) is 32.1 Å². The van der Waals surface area contributed by atoms with Gasteiger partial charge in [0.15, 0.2) is 0 Å². The maximum absolute atomic E-state index is 10.4. The van der Waals surface area contributed by atoms with E-state index >= 15 is 0 Å². The smallest absolute Gasteiger partial charge is 0.303 e. The number of aliphatic carboxylic acids is 1. The molecule has 1 rings (SSSR count). The van der Waals surface area contributed by atoms with Crippen molar-refractivity contribution in [1.82, 2.24) is 0 Å². The minimum absolute atomic E-state index is 0.133. The van der Waals surface area contributed by atoms with Crippen LogP contribution in [0.5, 0.6) is 0 Å². The summed E-state index contributed by atoms with van der Waals surface area (Å²) in [5.74, 6) is -0.218. The number of epoxide rings is 1. The predicted octanol–water partition coefficient (Wildman–Crippen LogP) is 5.68. The second kappa shape index (κ2) is 12.1. The SMILES string of the molecule is CCCCCC1(C(C)/C=C\C/C=C\C/C=C\CCCC(=O)O)CO1. The van der Waals surface area contributed by atoms with Crippen LogP contribution in [0, 0.1) is 5.92 Å². The van der Waals surface area contributed by atoms with Gasteiger partial charge in [-0.1, -0.05) is 69.6 Å². The Bertz CT molecular complexity index is 430.